The molecule has 2 aromatic rings. The van der Waals surface area contributed by atoms with Crippen LogP contribution in [0.25, 0.3) is 0 Å². The first kappa shape index (κ1) is 29.4. The van der Waals surface area contributed by atoms with Crippen molar-refractivity contribution in [1.82, 2.24) is 15.1 Å². The minimum absolute atomic E-state index is 0. The number of Topliss-reactive ketones (excluding diaryl/α,β-unsaturated/α-hetero) is 1. The van der Waals surface area contributed by atoms with Crippen LogP contribution in [-0.4, -0.2) is 59.6 Å². The van der Waals surface area contributed by atoms with E-state index in [0.29, 0.717) is 43.6 Å². The van der Waals surface area contributed by atoms with E-state index in [2.05, 4.69) is 11.4 Å². The third-order valence-corrected chi connectivity index (χ3v) is 9.24. The number of rotatable bonds is 9. The Kier molecular flexibility index (Phi) is 9.48. The van der Waals surface area contributed by atoms with Gasteiger partial charge in [-0.3, -0.25) is 14.4 Å². The molecule has 222 valence electrons. The van der Waals surface area contributed by atoms with Gasteiger partial charge < -0.3 is 15.1 Å². The van der Waals surface area contributed by atoms with Crippen molar-refractivity contribution in [2.45, 2.75) is 83.2 Å². The Bertz CT molecular complexity index is 1280. The van der Waals surface area contributed by atoms with E-state index < -0.39 is 11.6 Å². The van der Waals surface area contributed by atoms with E-state index in [1.165, 1.54) is 18.6 Å². The summed E-state index contributed by atoms with van der Waals surface area (Å²) in [5.74, 6) is -0.808. The number of hydrogen-bond donors (Lipinski definition) is 1. The highest BCUT2D eigenvalue weighted by Crippen LogP contribution is 2.36. The molecule has 2 amide bonds. The molecule has 1 aliphatic carbocycles. The van der Waals surface area contributed by atoms with Gasteiger partial charge in [0.1, 0.15) is 11.6 Å². The molecule has 1 N–H and O–H groups in total. The predicted molar refractivity (Wildman–Crippen MR) is 156 cm³/mol. The normalized spacial score (nSPS) is 20.6. The van der Waals surface area contributed by atoms with Gasteiger partial charge in [-0.1, -0.05) is 44.4 Å². The first-order valence-electron chi connectivity index (χ1n) is 15.2. The van der Waals surface area contributed by atoms with Crippen molar-refractivity contribution in [1.29, 1.82) is 0 Å². The molecule has 6 nitrogen and oxygen atoms in total. The van der Waals surface area contributed by atoms with Crippen molar-refractivity contribution in [2.75, 3.05) is 26.2 Å². The second-order valence-corrected chi connectivity index (χ2v) is 11.8. The lowest BCUT2D eigenvalue weighted by molar-refractivity contribution is -0.131. The molecule has 2 aromatic carbocycles. The minimum atomic E-state index is -0.630. The molecular weight excluding hydrogens is 524 g/mol. The average molecular weight is 568 g/mol. The second kappa shape index (κ2) is 13.2. The fourth-order valence-electron chi connectivity index (χ4n) is 7.11. The standard InChI is InChI=1S/C33H41F2N3O3.H2/c1-2-30(39)32(22-8-4-3-5-9-22)38-17-15-27-26(11-6-12-28(27)33(38)41)24-10-7-16-37(21-24)31(40)20-36-19-23-13-14-25(34)18-29(23)35;/h6,11-14,18,22,24,32,36H,2-5,7-10,15-17,19-21H2,1H3;1H/t24?,32-;/m1./s1. The molecule has 8 heteroatoms. The maximum Gasteiger partial charge on any atom is 0.254 e. The summed E-state index contributed by atoms with van der Waals surface area (Å²) in [4.78, 5) is 43.7. The monoisotopic (exact) mass is 567 g/mol. The SMILES string of the molecule is CCC(=O)[C@@H](C1CCCCC1)N1CCc2c(cccc2C2CCCN(C(=O)CNCc3ccc(F)cc3F)C2)C1=O.[HH]. The number of nitrogens with zero attached hydrogens (tertiary/aromatic N) is 2. The van der Waals surface area contributed by atoms with Crippen molar-refractivity contribution in [3.63, 3.8) is 0 Å². The molecule has 2 aliphatic heterocycles. The van der Waals surface area contributed by atoms with Crippen LogP contribution in [0.4, 0.5) is 8.78 Å². The van der Waals surface area contributed by atoms with E-state index in [-0.39, 0.29) is 50.0 Å². The van der Waals surface area contributed by atoms with Gasteiger partial charge in [0.25, 0.3) is 5.91 Å². The van der Waals surface area contributed by atoms with E-state index in [1.54, 1.807) is 0 Å². The highest BCUT2D eigenvalue weighted by molar-refractivity contribution is 6.00. The summed E-state index contributed by atoms with van der Waals surface area (Å²) in [6.45, 7) is 3.88. The Morgan fingerprint density at radius 2 is 1.85 bits per heavy atom. The predicted octanol–water partition coefficient (Wildman–Crippen LogP) is 5.63. The first-order chi connectivity index (χ1) is 19.9. The third-order valence-electron chi connectivity index (χ3n) is 9.24. The Labute approximate surface area is 243 Å². The topological polar surface area (TPSA) is 69.7 Å². The van der Waals surface area contributed by atoms with Crippen LogP contribution < -0.4 is 5.32 Å². The van der Waals surface area contributed by atoms with Gasteiger partial charge in [-0.2, -0.15) is 0 Å². The van der Waals surface area contributed by atoms with Gasteiger partial charge in [0.05, 0.1) is 12.6 Å². The molecule has 2 heterocycles. The molecule has 3 aliphatic rings. The Balaban J connectivity index is 0.00000405. The second-order valence-electron chi connectivity index (χ2n) is 11.8. The number of piperidine rings is 1. The molecular formula is C33H43F2N3O3. The largest absolute Gasteiger partial charge is 0.341 e. The van der Waals surface area contributed by atoms with Gasteiger partial charge in [-0.15, -0.1) is 0 Å². The summed E-state index contributed by atoms with van der Waals surface area (Å²) in [5.41, 5.74) is 3.20. The molecule has 0 aromatic heterocycles. The van der Waals surface area contributed by atoms with Crippen LogP contribution in [0.5, 0.6) is 0 Å². The highest BCUT2D eigenvalue weighted by Gasteiger charge is 2.39. The lowest BCUT2D eigenvalue weighted by atomic mass is 9.79. The van der Waals surface area contributed by atoms with Crippen LogP contribution in [-0.2, 0) is 22.6 Å². The zero-order chi connectivity index (χ0) is 28.9. The van der Waals surface area contributed by atoms with E-state index in [1.807, 2.05) is 28.9 Å². The Hall–Kier alpha value is -3.13. The molecule has 1 saturated carbocycles. The lowest BCUT2D eigenvalue weighted by Crippen LogP contribution is -2.52. The molecule has 1 saturated heterocycles. The van der Waals surface area contributed by atoms with Crippen LogP contribution in [0.2, 0.25) is 0 Å². The number of carbonyl (C=O) groups is 3. The van der Waals surface area contributed by atoms with Crippen LogP contribution >= 0.6 is 0 Å². The van der Waals surface area contributed by atoms with Crippen LogP contribution in [0.15, 0.2) is 36.4 Å². The fraction of sp³-hybridized carbons (Fsp3) is 0.545. The molecule has 5 rings (SSSR count). The Morgan fingerprint density at radius 1 is 1.05 bits per heavy atom. The van der Waals surface area contributed by atoms with E-state index >= 15 is 0 Å². The fourth-order valence-corrected chi connectivity index (χ4v) is 7.11. The number of benzene rings is 2. The molecule has 41 heavy (non-hydrogen) atoms. The Morgan fingerprint density at radius 3 is 2.61 bits per heavy atom. The number of likely N-dealkylation sites (tertiary alicyclic amines) is 1. The molecule has 1 unspecified atom stereocenters. The van der Waals surface area contributed by atoms with Gasteiger partial charge in [0.2, 0.25) is 5.91 Å². The molecule has 0 spiro atoms. The van der Waals surface area contributed by atoms with Gasteiger partial charge in [-0.25, -0.2) is 8.78 Å². The molecule has 2 fully saturated rings. The number of amides is 2. The zero-order valence-corrected chi connectivity index (χ0v) is 24.0. The van der Waals surface area contributed by atoms with Crippen molar-refractivity contribution in [2.24, 2.45) is 5.92 Å². The number of nitrogens with one attached hydrogen (secondary N) is 1. The number of hydrogen-bond acceptors (Lipinski definition) is 4. The molecule has 0 radical (unpaired) electrons. The number of fused-ring (bicyclic) bond motifs is 1. The zero-order valence-electron chi connectivity index (χ0n) is 24.0. The minimum Gasteiger partial charge on any atom is -0.341 e. The molecule has 2 atom stereocenters. The van der Waals surface area contributed by atoms with Crippen LogP contribution in [0.1, 0.15) is 92.7 Å². The van der Waals surface area contributed by atoms with E-state index in [4.69, 9.17) is 0 Å². The first-order valence-corrected chi connectivity index (χ1v) is 15.2. The maximum absolute atomic E-state index is 13.9. The third kappa shape index (κ3) is 6.53. The highest BCUT2D eigenvalue weighted by atomic mass is 19.1. The summed E-state index contributed by atoms with van der Waals surface area (Å²) in [7, 11) is 0. The summed E-state index contributed by atoms with van der Waals surface area (Å²) >= 11 is 0. The average Bonchev–Trinajstić information content (AvgIpc) is 2.99. The van der Waals surface area contributed by atoms with Gasteiger partial charge in [-0.05, 0) is 61.3 Å². The van der Waals surface area contributed by atoms with E-state index in [0.717, 1.165) is 55.7 Å². The lowest BCUT2D eigenvalue weighted by Gasteiger charge is -2.41. The molecule has 0 bridgehead atoms. The number of ketones is 1. The smallest absolute Gasteiger partial charge is 0.254 e. The van der Waals surface area contributed by atoms with Crippen molar-refractivity contribution < 1.29 is 24.6 Å². The van der Waals surface area contributed by atoms with Crippen molar-refractivity contribution in [3.05, 3.63) is 70.3 Å². The van der Waals surface area contributed by atoms with Crippen molar-refractivity contribution >= 4 is 17.6 Å². The number of halogens is 2. The summed E-state index contributed by atoms with van der Waals surface area (Å²) < 4.78 is 27.1. The number of carbonyl (C=O) groups excluding carboxylic acids is 3. The van der Waals surface area contributed by atoms with Crippen LogP contribution in [0, 0.1) is 17.6 Å². The summed E-state index contributed by atoms with van der Waals surface area (Å²) in [5, 5.41) is 2.99. The van der Waals surface area contributed by atoms with Gasteiger partial charge in [0.15, 0.2) is 5.78 Å². The maximum atomic E-state index is 13.9. The van der Waals surface area contributed by atoms with Gasteiger partial charge in [0, 0.05) is 57.1 Å². The van der Waals surface area contributed by atoms with Gasteiger partial charge >= 0.3 is 0 Å². The van der Waals surface area contributed by atoms with Crippen LogP contribution in [0.3, 0.4) is 0 Å². The summed E-state index contributed by atoms with van der Waals surface area (Å²) in [6.07, 6.45) is 8.41. The van der Waals surface area contributed by atoms with Crippen molar-refractivity contribution in [3.8, 4) is 0 Å². The van der Waals surface area contributed by atoms with E-state index in [9.17, 15) is 23.2 Å². The quantitative estimate of drug-likeness (QED) is 0.426. The summed E-state index contributed by atoms with van der Waals surface area (Å²) in [6, 6.07) is 9.03.